The van der Waals surface area contributed by atoms with Gasteiger partial charge in [0, 0.05) is 25.5 Å². The predicted molar refractivity (Wildman–Crippen MR) is 113 cm³/mol. The van der Waals surface area contributed by atoms with E-state index in [0.717, 1.165) is 23.5 Å². The maximum absolute atomic E-state index is 14.9. The van der Waals surface area contributed by atoms with Crippen LogP contribution in [0.2, 0.25) is 0 Å². The van der Waals surface area contributed by atoms with Gasteiger partial charge in [0.25, 0.3) is 10.0 Å². The lowest BCUT2D eigenvalue weighted by Gasteiger charge is -2.19. The predicted octanol–water partition coefficient (Wildman–Crippen LogP) is 0.950. The number of aliphatic hydroxyl groups is 1. The Morgan fingerprint density at radius 3 is 2.68 bits per heavy atom. The van der Waals surface area contributed by atoms with Crippen LogP contribution in [0.1, 0.15) is 19.4 Å². The number of anilines is 2. The summed E-state index contributed by atoms with van der Waals surface area (Å²) in [6, 6.07) is -1.38. The van der Waals surface area contributed by atoms with Crippen LogP contribution in [-0.4, -0.2) is 85.3 Å². The van der Waals surface area contributed by atoms with Gasteiger partial charge in [-0.2, -0.15) is 23.1 Å². The number of nitrogens with one attached hydrogen (secondary N) is 3. The van der Waals surface area contributed by atoms with Crippen LogP contribution in [0.4, 0.5) is 24.9 Å². The molecule has 1 saturated carbocycles. The molecule has 3 atom stereocenters. The van der Waals surface area contributed by atoms with Gasteiger partial charge in [-0.1, -0.05) is 0 Å². The molecule has 12 nitrogen and oxygen atoms in total. The molecular formula is C18H22F3N9O3S. The fourth-order valence-electron chi connectivity index (χ4n) is 3.95. The van der Waals surface area contributed by atoms with Crippen molar-refractivity contribution in [3.05, 3.63) is 18.7 Å². The molecule has 3 aromatic heterocycles. The van der Waals surface area contributed by atoms with Crippen molar-refractivity contribution in [1.29, 1.82) is 0 Å². The minimum absolute atomic E-state index is 0.0163. The molecule has 4 heterocycles. The lowest BCUT2D eigenvalue weighted by molar-refractivity contribution is 0.0740. The number of hydrogen-bond donors (Lipinski definition) is 4. The average molecular weight is 501 g/mol. The molecule has 4 N–H and O–H groups in total. The Morgan fingerprint density at radius 1 is 1.24 bits per heavy atom. The first kappa shape index (κ1) is 22.8. The van der Waals surface area contributed by atoms with Crippen LogP contribution < -0.4 is 10.6 Å². The molecule has 2 fully saturated rings. The van der Waals surface area contributed by atoms with Crippen molar-refractivity contribution in [2.45, 2.75) is 42.8 Å². The van der Waals surface area contributed by atoms with E-state index in [9.17, 15) is 26.7 Å². The highest BCUT2D eigenvalue weighted by atomic mass is 32.2. The molecule has 0 aromatic carbocycles. The van der Waals surface area contributed by atoms with Gasteiger partial charge in [0.15, 0.2) is 17.0 Å². The van der Waals surface area contributed by atoms with Gasteiger partial charge in [-0.15, -0.1) is 0 Å². The number of imidazole rings is 2. The standard InChI is InChI=1S/C18H22F3N9O3S/c19-10-5-29(34(32,33)18-22-3-4-23-18)6-11(10)25-14-13-15(30(8-24-13)16(20)21)28-17(27-14)26-12(7-31)9-1-2-9/h3-4,8-12,16,31H,1-2,5-7H2,(H,22,23)(H2,25,26,27,28)/t10-,11-,12+/m1/s1. The van der Waals surface area contributed by atoms with E-state index in [-0.39, 0.29) is 53.2 Å². The van der Waals surface area contributed by atoms with E-state index in [4.69, 9.17) is 0 Å². The molecule has 34 heavy (non-hydrogen) atoms. The summed E-state index contributed by atoms with van der Waals surface area (Å²) < 4.78 is 68.7. The molecule has 0 radical (unpaired) electrons. The van der Waals surface area contributed by atoms with Crippen LogP contribution in [0.25, 0.3) is 11.2 Å². The van der Waals surface area contributed by atoms with Gasteiger partial charge < -0.3 is 20.7 Å². The quantitative estimate of drug-likeness (QED) is 0.336. The summed E-state index contributed by atoms with van der Waals surface area (Å²) in [5.41, 5.74) is -0.201. The number of aromatic amines is 1. The monoisotopic (exact) mass is 501 g/mol. The Balaban J connectivity index is 1.44. The number of nitrogens with zero attached hydrogens (tertiary/aromatic N) is 6. The molecule has 5 rings (SSSR count). The average Bonchev–Trinajstić information content (AvgIpc) is 3.17. The summed E-state index contributed by atoms with van der Waals surface area (Å²) >= 11 is 0. The van der Waals surface area contributed by atoms with E-state index in [1.165, 1.54) is 12.4 Å². The Kier molecular flexibility index (Phi) is 5.81. The van der Waals surface area contributed by atoms with Crippen molar-refractivity contribution < 1.29 is 26.7 Å². The highest BCUT2D eigenvalue weighted by Gasteiger charge is 2.41. The zero-order valence-corrected chi connectivity index (χ0v) is 18.5. The van der Waals surface area contributed by atoms with Gasteiger partial charge in [-0.3, -0.25) is 4.57 Å². The van der Waals surface area contributed by atoms with Crippen molar-refractivity contribution >= 4 is 33.0 Å². The number of alkyl halides is 3. The topological polar surface area (TPSA) is 154 Å². The molecule has 0 amide bonds. The summed E-state index contributed by atoms with van der Waals surface area (Å²) in [6.45, 7) is -3.78. The lowest BCUT2D eigenvalue weighted by atomic mass is 10.2. The van der Waals surface area contributed by atoms with Crippen LogP contribution in [0.5, 0.6) is 0 Å². The molecule has 0 spiro atoms. The summed E-state index contributed by atoms with van der Waals surface area (Å²) in [4.78, 5) is 18.6. The third kappa shape index (κ3) is 4.16. The Morgan fingerprint density at radius 2 is 2.03 bits per heavy atom. The van der Waals surface area contributed by atoms with Crippen LogP contribution in [-0.2, 0) is 10.0 Å². The largest absolute Gasteiger partial charge is 0.394 e. The molecule has 16 heteroatoms. The van der Waals surface area contributed by atoms with Crippen molar-refractivity contribution in [3.63, 3.8) is 0 Å². The molecular weight excluding hydrogens is 479 g/mol. The van der Waals surface area contributed by atoms with Crippen LogP contribution in [0.3, 0.4) is 0 Å². The smallest absolute Gasteiger partial charge is 0.321 e. The number of H-pyrrole nitrogens is 1. The van der Waals surface area contributed by atoms with Crippen molar-refractivity contribution in [3.8, 4) is 0 Å². The number of aliphatic hydroxyl groups excluding tert-OH is 1. The van der Waals surface area contributed by atoms with E-state index in [2.05, 4.69) is 35.6 Å². The molecule has 2 aliphatic rings. The molecule has 184 valence electrons. The Hall–Kier alpha value is -2.98. The highest BCUT2D eigenvalue weighted by molar-refractivity contribution is 7.89. The molecule has 0 bridgehead atoms. The van der Waals surface area contributed by atoms with Crippen molar-refractivity contribution in [1.82, 2.24) is 33.8 Å². The fourth-order valence-corrected chi connectivity index (χ4v) is 5.30. The van der Waals surface area contributed by atoms with Gasteiger partial charge in [-0.05, 0) is 18.8 Å². The molecule has 3 aromatic rings. The molecule has 0 unspecified atom stereocenters. The van der Waals surface area contributed by atoms with E-state index in [1.807, 2.05) is 0 Å². The van der Waals surface area contributed by atoms with E-state index in [1.54, 1.807) is 0 Å². The van der Waals surface area contributed by atoms with E-state index in [0.29, 0.717) is 4.57 Å². The second-order valence-electron chi connectivity index (χ2n) is 8.25. The maximum Gasteiger partial charge on any atom is 0.321 e. The third-order valence-electron chi connectivity index (χ3n) is 5.93. The van der Waals surface area contributed by atoms with Gasteiger partial charge in [0.2, 0.25) is 11.1 Å². The summed E-state index contributed by atoms with van der Waals surface area (Å²) in [5, 5.41) is 15.1. The van der Waals surface area contributed by atoms with Crippen molar-refractivity contribution in [2.24, 2.45) is 5.92 Å². The highest BCUT2D eigenvalue weighted by Crippen LogP contribution is 2.34. The van der Waals surface area contributed by atoms with Gasteiger partial charge in [0.1, 0.15) is 12.5 Å². The maximum atomic E-state index is 14.9. The van der Waals surface area contributed by atoms with Crippen LogP contribution in [0, 0.1) is 5.92 Å². The van der Waals surface area contributed by atoms with Crippen molar-refractivity contribution in [2.75, 3.05) is 30.3 Å². The summed E-state index contributed by atoms with van der Waals surface area (Å²) in [7, 11) is -4.04. The molecule has 1 saturated heterocycles. The number of rotatable bonds is 9. The number of halogens is 3. The van der Waals surface area contributed by atoms with E-state index < -0.39 is 35.3 Å². The normalized spacial score (nSPS) is 22.5. The minimum Gasteiger partial charge on any atom is -0.394 e. The Labute approximate surface area is 191 Å². The first-order valence-corrected chi connectivity index (χ1v) is 12.0. The van der Waals surface area contributed by atoms with E-state index >= 15 is 0 Å². The molecule has 1 aliphatic carbocycles. The second kappa shape index (κ2) is 8.66. The fraction of sp³-hybridized carbons (Fsp3) is 0.556. The first-order chi connectivity index (χ1) is 16.3. The number of aromatic nitrogens is 6. The zero-order chi connectivity index (χ0) is 24.0. The van der Waals surface area contributed by atoms with Crippen LogP contribution >= 0.6 is 0 Å². The second-order valence-corrected chi connectivity index (χ2v) is 10.1. The van der Waals surface area contributed by atoms with Gasteiger partial charge >= 0.3 is 6.55 Å². The van der Waals surface area contributed by atoms with Gasteiger partial charge in [0.05, 0.1) is 18.7 Å². The zero-order valence-electron chi connectivity index (χ0n) is 17.6. The summed E-state index contributed by atoms with van der Waals surface area (Å²) in [5.74, 6) is 0.159. The number of sulfonamides is 1. The third-order valence-corrected chi connectivity index (χ3v) is 7.62. The first-order valence-electron chi connectivity index (χ1n) is 10.6. The number of fused-ring (bicyclic) bond motifs is 1. The van der Waals surface area contributed by atoms with Gasteiger partial charge in [-0.25, -0.2) is 22.8 Å². The minimum atomic E-state index is -4.04. The summed E-state index contributed by atoms with van der Waals surface area (Å²) in [6.07, 6.45) is 3.73. The number of hydrogen-bond acceptors (Lipinski definition) is 9. The molecule has 1 aliphatic heterocycles. The lowest BCUT2D eigenvalue weighted by Crippen LogP contribution is -2.33. The van der Waals surface area contributed by atoms with Crippen LogP contribution in [0.15, 0.2) is 23.9 Å². The SMILES string of the molecule is O=S(=O)(c1ncc[nH]1)N1C[C@@H](F)[C@H](Nc2nc(N[C@@H](CO)C3CC3)nc3c2ncn3C(F)F)C1. The Bertz CT molecular complexity index is 1270.